The lowest BCUT2D eigenvalue weighted by Gasteiger charge is -2.56. The number of aryl methyl sites for hydroxylation is 1. The van der Waals surface area contributed by atoms with Gasteiger partial charge in [-0.2, -0.15) is 0 Å². The maximum Gasteiger partial charge on any atom is 0.325 e. The Morgan fingerprint density at radius 2 is 1.86 bits per heavy atom. The standard InChI is InChI=1S/C20H31N5O3/c1-2-3-4-25-17(22-23-24-25)13-28-19(27)12-21-18(26)11-20-8-14-5-15(9-20)7-16(6-14)10-20/h14-16H,2-13H2,1H3,(H,21,26). The van der Waals surface area contributed by atoms with Crippen LogP contribution in [-0.4, -0.2) is 38.6 Å². The predicted molar refractivity (Wildman–Crippen MR) is 101 cm³/mol. The summed E-state index contributed by atoms with van der Waals surface area (Å²) in [6, 6.07) is 0. The quantitative estimate of drug-likeness (QED) is 0.650. The molecule has 0 saturated heterocycles. The molecule has 5 rings (SSSR count). The average Bonchev–Trinajstić information content (AvgIpc) is 3.09. The van der Waals surface area contributed by atoms with Gasteiger partial charge >= 0.3 is 5.97 Å². The maximum atomic E-state index is 12.5. The van der Waals surface area contributed by atoms with Crippen molar-refractivity contribution in [2.75, 3.05) is 6.54 Å². The lowest BCUT2D eigenvalue weighted by Crippen LogP contribution is -2.48. The molecule has 1 aromatic heterocycles. The Bertz CT molecular complexity index is 681. The summed E-state index contributed by atoms with van der Waals surface area (Å²) in [7, 11) is 0. The van der Waals surface area contributed by atoms with Crippen molar-refractivity contribution in [2.24, 2.45) is 23.2 Å². The minimum Gasteiger partial charge on any atom is -0.456 e. The van der Waals surface area contributed by atoms with Crippen LogP contribution in [0.1, 0.15) is 70.5 Å². The second-order valence-corrected chi connectivity index (χ2v) is 9.20. The number of hydrogen-bond donors (Lipinski definition) is 1. The zero-order valence-electron chi connectivity index (χ0n) is 16.7. The summed E-state index contributed by atoms with van der Waals surface area (Å²) in [5.41, 5.74) is 0.185. The van der Waals surface area contributed by atoms with Crippen molar-refractivity contribution in [1.29, 1.82) is 0 Å². The summed E-state index contributed by atoms with van der Waals surface area (Å²) in [5.74, 6) is 2.52. The van der Waals surface area contributed by atoms with Crippen molar-refractivity contribution in [2.45, 2.75) is 77.9 Å². The van der Waals surface area contributed by atoms with Crippen LogP contribution in [0.4, 0.5) is 0 Å². The lowest BCUT2D eigenvalue weighted by molar-refractivity contribution is -0.146. The Morgan fingerprint density at radius 1 is 1.18 bits per heavy atom. The lowest BCUT2D eigenvalue weighted by atomic mass is 9.49. The molecule has 4 aliphatic rings. The van der Waals surface area contributed by atoms with Crippen LogP contribution < -0.4 is 5.32 Å². The summed E-state index contributed by atoms with van der Waals surface area (Å²) in [6.45, 7) is 2.73. The van der Waals surface area contributed by atoms with Crippen molar-refractivity contribution < 1.29 is 14.3 Å². The largest absolute Gasteiger partial charge is 0.456 e. The number of ether oxygens (including phenoxy) is 1. The third kappa shape index (κ3) is 4.36. The number of esters is 1. The number of hydrogen-bond acceptors (Lipinski definition) is 6. The number of aromatic nitrogens is 4. The minimum absolute atomic E-state index is 0.0216. The second kappa shape index (κ2) is 8.17. The molecule has 0 radical (unpaired) electrons. The highest BCUT2D eigenvalue weighted by Crippen LogP contribution is 2.61. The van der Waals surface area contributed by atoms with E-state index in [4.69, 9.17) is 4.74 Å². The summed E-state index contributed by atoms with van der Waals surface area (Å²) in [4.78, 5) is 24.5. The maximum absolute atomic E-state index is 12.5. The first-order chi connectivity index (χ1) is 13.5. The van der Waals surface area contributed by atoms with E-state index < -0.39 is 5.97 Å². The molecule has 154 valence electrons. The molecule has 1 aromatic rings. The van der Waals surface area contributed by atoms with Crippen molar-refractivity contribution in [3.8, 4) is 0 Å². The first-order valence-electron chi connectivity index (χ1n) is 10.7. The molecule has 4 fully saturated rings. The van der Waals surface area contributed by atoms with Crippen LogP contribution in [0.25, 0.3) is 0 Å². The molecule has 4 saturated carbocycles. The van der Waals surface area contributed by atoms with Crippen LogP contribution >= 0.6 is 0 Å². The third-order valence-corrected chi connectivity index (χ3v) is 6.82. The monoisotopic (exact) mass is 389 g/mol. The molecule has 4 bridgehead atoms. The van der Waals surface area contributed by atoms with Crippen LogP contribution in [0.3, 0.4) is 0 Å². The highest BCUT2D eigenvalue weighted by atomic mass is 16.5. The van der Waals surface area contributed by atoms with E-state index in [-0.39, 0.29) is 24.5 Å². The van der Waals surface area contributed by atoms with Crippen LogP contribution in [0, 0.1) is 23.2 Å². The van der Waals surface area contributed by atoms with E-state index in [0.29, 0.717) is 18.8 Å². The predicted octanol–water partition coefficient (Wildman–Crippen LogP) is 2.24. The molecule has 0 atom stereocenters. The fraction of sp³-hybridized carbons (Fsp3) is 0.850. The highest BCUT2D eigenvalue weighted by Gasteiger charge is 2.51. The fourth-order valence-electron chi connectivity index (χ4n) is 6.08. The van der Waals surface area contributed by atoms with Gasteiger partial charge in [0.25, 0.3) is 0 Å². The average molecular weight is 390 g/mol. The Morgan fingerprint density at radius 3 is 2.50 bits per heavy atom. The van der Waals surface area contributed by atoms with Crippen molar-refractivity contribution in [3.63, 3.8) is 0 Å². The summed E-state index contributed by atoms with van der Waals surface area (Å²) < 4.78 is 6.89. The third-order valence-electron chi connectivity index (χ3n) is 6.82. The van der Waals surface area contributed by atoms with Gasteiger partial charge in [0.1, 0.15) is 6.54 Å². The van der Waals surface area contributed by atoms with Gasteiger partial charge in [0, 0.05) is 13.0 Å². The molecule has 0 aliphatic heterocycles. The van der Waals surface area contributed by atoms with Gasteiger partial charge in [0.15, 0.2) is 12.4 Å². The van der Waals surface area contributed by atoms with Crippen LogP contribution in [0.5, 0.6) is 0 Å². The number of carbonyl (C=O) groups excluding carboxylic acids is 2. The molecule has 1 heterocycles. The zero-order chi connectivity index (χ0) is 19.6. The SMILES string of the molecule is CCCCn1nnnc1COC(=O)CNC(=O)CC12CC3CC(CC(C3)C1)C2. The molecular formula is C20H31N5O3. The molecule has 8 nitrogen and oxygen atoms in total. The van der Waals surface area contributed by atoms with E-state index in [9.17, 15) is 9.59 Å². The molecular weight excluding hydrogens is 358 g/mol. The van der Waals surface area contributed by atoms with E-state index in [0.717, 1.165) is 30.6 Å². The molecule has 8 heteroatoms. The van der Waals surface area contributed by atoms with Gasteiger partial charge in [-0.25, -0.2) is 4.68 Å². The molecule has 28 heavy (non-hydrogen) atoms. The van der Waals surface area contributed by atoms with E-state index in [1.807, 2.05) is 0 Å². The van der Waals surface area contributed by atoms with Crippen LogP contribution in [0.2, 0.25) is 0 Å². The van der Waals surface area contributed by atoms with Gasteiger partial charge < -0.3 is 10.1 Å². The Hall–Kier alpha value is -1.99. The van der Waals surface area contributed by atoms with Crippen LogP contribution in [0.15, 0.2) is 0 Å². The van der Waals surface area contributed by atoms with Gasteiger partial charge in [-0.3, -0.25) is 9.59 Å². The Labute approximate surface area is 165 Å². The molecule has 0 aromatic carbocycles. The molecule has 0 unspecified atom stereocenters. The zero-order valence-corrected chi connectivity index (χ0v) is 16.7. The summed E-state index contributed by atoms with van der Waals surface area (Å²) >= 11 is 0. The first kappa shape index (κ1) is 19.3. The smallest absolute Gasteiger partial charge is 0.325 e. The summed E-state index contributed by atoms with van der Waals surface area (Å²) in [6.07, 6.45) is 10.2. The summed E-state index contributed by atoms with van der Waals surface area (Å²) in [5, 5.41) is 14.2. The topological polar surface area (TPSA) is 99.0 Å². The van der Waals surface area contributed by atoms with Crippen molar-refractivity contribution >= 4 is 11.9 Å². The van der Waals surface area contributed by atoms with Gasteiger partial charge in [-0.15, -0.1) is 5.10 Å². The number of carbonyl (C=O) groups is 2. The second-order valence-electron chi connectivity index (χ2n) is 9.20. The van der Waals surface area contributed by atoms with Gasteiger partial charge in [-0.05, 0) is 78.5 Å². The fourth-order valence-corrected chi connectivity index (χ4v) is 6.08. The Balaban J connectivity index is 1.20. The van der Waals surface area contributed by atoms with Crippen LogP contribution in [-0.2, 0) is 27.5 Å². The number of nitrogens with zero attached hydrogens (tertiary/aromatic N) is 4. The highest BCUT2D eigenvalue weighted by molar-refractivity contribution is 5.82. The van der Waals surface area contributed by atoms with Gasteiger partial charge in [-0.1, -0.05) is 13.3 Å². The molecule has 1 amide bonds. The van der Waals surface area contributed by atoms with Crippen molar-refractivity contribution in [1.82, 2.24) is 25.5 Å². The van der Waals surface area contributed by atoms with Gasteiger partial charge in [0.05, 0.1) is 0 Å². The minimum atomic E-state index is -0.455. The number of rotatable bonds is 9. The van der Waals surface area contributed by atoms with Crippen molar-refractivity contribution in [3.05, 3.63) is 5.82 Å². The molecule has 0 spiro atoms. The number of nitrogens with one attached hydrogen (secondary N) is 1. The van der Waals surface area contributed by atoms with E-state index in [1.165, 1.54) is 38.5 Å². The van der Waals surface area contributed by atoms with E-state index in [2.05, 4.69) is 27.8 Å². The normalized spacial score (nSPS) is 30.4. The number of unbranched alkanes of at least 4 members (excludes halogenated alkanes) is 1. The number of amides is 1. The van der Waals surface area contributed by atoms with E-state index in [1.54, 1.807) is 4.68 Å². The van der Waals surface area contributed by atoms with E-state index >= 15 is 0 Å². The molecule has 1 N–H and O–H groups in total. The molecule has 4 aliphatic carbocycles. The first-order valence-corrected chi connectivity index (χ1v) is 10.7. The number of tetrazole rings is 1. The Kier molecular flexibility index (Phi) is 5.64. The van der Waals surface area contributed by atoms with Gasteiger partial charge in [0.2, 0.25) is 5.91 Å².